The molecule has 10 aromatic carbocycles. The minimum Gasteiger partial charge on any atom is -0.200 e. The van der Waals surface area contributed by atoms with Gasteiger partial charge in [-0.2, -0.15) is 18.3 Å². The number of hydrogen-bond donors (Lipinski definition) is 0. The van der Waals surface area contributed by atoms with E-state index in [1.807, 2.05) is 11.6 Å². The SMILES string of the molecule is [2H]c1c(C)[n+](C)c(-c2cc(C(C)(C)C)cc(C)c2C)c2cc3c(cc12)CCC3.[2H]c1c(C)[n+](C)c(-c2cc(C)cc(C)c2C)c2cc3c(cc12)CCC3.[2H]c1c(C)[n+](C)c(-c2cc(C)ccc2C)c2cc3c(cc12)CCC3.[2H]c1c(C)[n+](C)c(-c2ccccc2C)c2cc3c(cc12)CCC3.[2H]c1c([2H])[n+](C)c(-c2cc(C(C)C)cc(C(C)C)c2C)c2cc3c(cc12)CCC3. The predicted octanol–water partition coefficient (Wildman–Crippen LogP) is 26.7. The summed E-state index contributed by atoms with van der Waals surface area (Å²) in [5, 5.41) is 11.3. The molecule has 5 aliphatic rings. The molecule has 0 aliphatic heterocycles. The van der Waals surface area contributed by atoms with Gasteiger partial charge in [-0.3, -0.25) is 0 Å². The average Bonchev–Trinajstić information content (AvgIpc) is 1.71. The topological polar surface area (TPSA) is 19.4 Å². The molecule has 0 amide bonds. The summed E-state index contributed by atoms with van der Waals surface area (Å²) < 4.78 is 62.7. The van der Waals surface area contributed by atoms with Crippen LogP contribution in [0.25, 0.3) is 110 Å². The molecule has 628 valence electrons. The Morgan fingerprint density at radius 1 is 0.301 bits per heavy atom. The fourth-order valence-electron chi connectivity index (χ4n) is 20.7. The van der Waals surface area contributed by atoms with Gasteiger partial charge in [-0.25, -0.2) is 4.57 Å². The molecular formula is C118H136N5+5. The van der Waals surface area contributed by atoms with Crippen molar-refractivity contribution in [3.8, 4) is 56.3 Å². The fourth-order valence-corrected chi connectivity index (χ4v) is 20.7. The molecule has 5 aliphatic carbocycles. The molecule has 0 unspecified atom stereocenters. The van der Waals surface area contributed by atoms with Gasteiger partial charge >= 0.3 is 0 Å². The average molecular weight is 1630 g/mol. The van der Waals surface area contributed by atoms with Crippen LogP contribution in [-0.2, 0) is 105 Å². The number of pyridine rings is 5. The van der Waals surface area contributed by atoms with Crippen molar-refractivity contribution in [3.63, 3.8) is 0 Å². The third-order valence-electron chi connectivity index (χ3n) is 28.7. The van der Waals surface area contributed by atoms with Gasteiger partial charge < -0.3 is 0 Å². The summed E-state index contributed by atoms with van der Waals surface area (Å²) in [4.78, 5) is 0. The highest BCUT2D eigenvalue weighted by Crippen LogP contribution is 2.43. The number of hydrogen-bond acceptors (Lipinski definition) is 0. The van der Waals surface area contributed by atoms with Gasteiger partial charge in [0, 0.05) is 69.0 Å². The Bertz CT molecular complexity index is 7170. The maximum absolute atomic E-state index is 8.77. The van der Waals surface area contributed by atoms with Crippen LogP contribution in [0, 0.1) is 90.0 Å². The number of nitrogens with zero attached hydrogens (tertiary/aromatic N) is 5. The molecule has 0 bridgehead atoms. The summed E-state index contributed by atoms with van der Waals surface area (Å²) in [6.45, 7) is 43.8. The zero-order valence-corrected chi connectivity index (χ0v) is 78.8. The molecule has 0 fully saturated rings. The molecule has 0 saturated heterocycles. The van der Waals surface area contributed by atoms with E-state index >= 15 is 0 Å². The normalized spacial score (nSPS) is 14.4. The first-order valence-corrected chi connectivity index (χ1v) is 45.9. The van der Waals surface area contributed by atoms with Crippen LogP contribution in [-0.4, -0.2) is 0 Å². The Morgan fingerprint density at radius 3 is 1.04 bits per heavy atom. The minimum atomic E-state index is 0.104. The molecule has 0 atom stereocenters. The molecule has 0 spiro atoms. The van der Waals surface area contributed by atoms with Crippen LogP contribution in [0.4, 0.5) is 0 Å². The van der Waals surface area contributed by atoms with E-state index in [0.29, 0.717) is 42.0 Å². The van der Waals surface area contributed by atoms with Crippen molar-refractivity contribution in [2.24, 2.45) is 35.2 Å². The van der Waals surface area contributed by atoms with Crippen molar-refractivity contribution in [1.29, 1.82) is 0 Å². The van der Waals surface area contributed by atoms with Crippen molar-refractivity contribution in [1.82, 2.24) is 0 Å². The Hall–Kier alpha value is -10.8. The molecule has 15 aromatic rings. The smallest absolute Gasteiger partial charge is 0.200 e. The molecule has 20 rings (SSSR count). The van der Waals surface area contributed by atoms with E-state index in [-0.39, 0.29) is 11.6 Å². The number of aryl methyl sites for hydroxylation is 16. The summed E-state index contributed by atoms with van der Waals surface area (Å²) in [6, 6.07) is 55.2. The summed E-state index contributed by atoms with van der Waals surface area (Å²) in [5.74, 6) is 0.887. The van der Waals surface area contributed by atoms with Gasteiger partial charge in [-0.05, 0) is 375 Å². The first-order chi connectivity index (χ1) is 61.2. The molecule has 5 aromatic heterocycles. The van der Waals surface area contributed by atoms with Crippen molar-refractivity contribution >= 4 is 53.9 Å². The standard InChI is InChI=1S/2C26H32N.C23H26N.C22H24N.C21H22N/c1-16-11-22(26(4,5)6)15-23(18(16)3)25-24-14-20-10-8-9-19(20)13-21(24)12-17(2)27(25)7;1-16(2)22-14-23(17(3)4)18(5)24(15-22)26-25-13-20-9-7-8-19(20)12-21(25)10-11-27(26)6;1-14-9-15(2)17(4)21(10-14)23-22-13-19-8-6-7-18(19)12-20(22)11-16(3)24(23)5;1-14-8-9-15(2)20(10-14)22-21-13-18-7-5-6-17(18)12-19(21)11-16(3)23(22)4;1-14-7-4-5-10-19(14)21-20-13-17-9-6-8-16(17)12-18(20)11-15(2)22(21)3/h11-15H,8-10H2,1-7H3;10-17H,7-9H2,1-6H3;9-13H,6-8H2,1-5H3;8-13H,5-7H2,1-4H3;4-5,7,10-13H,6,8-9H2,1-3H3/q5*+1/i12D;10D,11D;3*11D. The van der Waals surface area contributed by atoms with Crippen LogP contribution >= 0.6 is 0 Å². The summed E-state index contributed by atoms with van der Waals surface area (Å²) in [6.07, 6.45) is 17.9. The van der Waals surface area contributed by atoms with Crippen molar-refractivity contribution in [3.05, 3.63) is 321 Å². The van der Waals surface area contributed by atoms with E-state index in [4.69, 9.17) is 8.22 Å². The number of aromatic nitrogens is 5. The van der Waals surface area contributed by atoms with E-state index in [1.165, 1.54) is 246 Å². The van der Waals surface area contributed by atoms with Crippen LogP contribution in [0.2, 0.25) is 0 Å². The molecule has 0 N–H and O–H groups in total. The lowest BCUT2D eigenvalue weighted by atomic mass is 9.82. The first-order valence-electron chi connectivity index (χ1n) is 48.9. The fraction of sp³-hybridized carbons (Fsp3) is 0.364. The van der Waals surface area contributed by atoms with Gasteiger partial charge in [0.05, 0.1) is 50.5 Å². The van der Waals surface area contributed by atoms with Gasteiger partial charge in [0.1, 0.15) is 36.6 Å². The van der Waals surface area contributed by atoms with Gasteiger partial charge in [0.25, 0.3) is 0 Å². The molecule has 5 nitrogen and oxygen atoms in total. The van der Waals surface area contributed by atoms with Crippen molar-refractivity contribution in [2.45, 2.75) is 252 Å². The van der Waals surface area contributed by atoms with E-state index in [9.17, 15) is 0 Å². The highest BCUT2D eigenvalue weighted by molar-refractivity contribution is 6.00. The molecule has 5 heterocycles. The number of benzene rings is 10. The van der Waals surface area contributed by atoms with Gasteiger partial charge in [0.15, 0.2) is 28.9 Å². The van der Waals surface area contributed by atoms with E-state index in [1.54, 1.807) is 0 Å². The molecule has 0 saturated carbocycles. The molecule has 0 radical (unpaired) electrons. The lowest BCUT2D eigenvalue weighted by molar-refractivity contribution is -0.665. The lowest BCUT2D eigenvalue weighted by Crippen LogP contribution is -2.35. The van der Waals surface area contributed by atoms with E-state index < -0.39 is 0 Å². The van der Waals surface area contributed by atoms with E-state index in [2.05, 4.69) is 324 Å². The number of rotatable bonds is 7. The second-order valence-corrected chi connectivity index (χ2v) is 38.9. The van der Waals surface area contributed by atoms with Crippen LogP contribution in [0.5, 0.6) is 0 Å². The van der Waals surface area contributed by atoms with E-state index in [0.717, 1.165) is 106 Å². The van der Waals surface area contributed by atoms with Gasteiger partial charge in [-0.15, -0.1) is 0 Å². The predicted molar refractivity (Wildman–Crippen MR) is 521 cm³/mol. The highest BCUT2D eigenvalue weighted by atomic mass is 15.0. The Balaban J connectivity index is 0.000000118. The third-order valence-corrected chi connectivity index (χ3v) is 28.7. The van der Waals surface area contributed by atoms with Crippen LogP contribution in [0.15, 0.2) is 176 Å². The van der Waals surface area contributed by atoms with Crippen LogP contribution in [0.1, 0.15) is 246 Å². The van der Waals surface area contributed by atoms with Gasteiger partial charge in [0.2, 0.25) is 28.5 Å². The highest BCUT2D eigenvalue weighted by Gasteiger charge is 2.31. The quantitative estimate of drug-likeness (QED) is 0.142. The zero-order valence-electron chi connectivity index (χ0n) is 84.8. The Labute approximate surface area is 745 Å². The zero-order chi connectivity index (χ0) is 92.4. The monoisotopic (exact) mass is 1630 g/mol. The summed E-state index contributed by atoms with van der Waals surface area (Å²) in [7, 11) is 10.3. The second kappa shape index (κ2) is 34.4. The molecule has 5 heteroatoms. The molecule has 123 heavy (non-hydrogen) atoms. The minimum absolute atomic E-state index is 0.104. The van der Waals surface area contributed by atoms with Crippen LogP contribution in [0.3, 0.4) is 0 Å². The number of fused-ring (bicyclic) bond motifs is 10. The van der Waals surface area contributed by atoms with Gasteiger partial charge in [-0.1, -0.05) is 138 Å². The van der Waals surface area contributed by atoms with Crippen molar-refractivity contribution < 1.29 is 31.1 Å². The second-order valence-electron chi connectivity index (χ2n) is 38.9. The van der Waals surface area contributed by atoms with Crippen LogP contribution < -0.4 is 22.8 Å². The lowest BCUT2D eigenvalue weighted by Gasteiger charge is -2.22. The largest absolute Gasteiger partial charge is 0.220 e. The maximum Gasteiger partial charge on any atom is 0.220 e. The first kappa shape index (κ1) is 78.2. The molecular weight excluding hydrogens is 1490 g/mol. The Kier molecular flexibility index (Phi) is 21.9. The third kappa shape index (κ3) is 16.7. The summed E-state index contributed by atoms with van der Waals surface area (Å²) in [5.41, 5.74) is 46.9. The Morgan fingerprint density at radius 2 is 0.642 bits per heavy atom. The maximum atomic E-state index is 8.77. The summed E-state index contributed by atoms with van der Waals surface area (Å²) >= 11 is 0. The van der Waals surface area contributed by atoms with Crippen molar-refractivity contribution in [2.75, 3.05) is 0 Å².